The van der Waals surface area contributed by atoms with Crippen molar-refractivity contribution in [2.75, 3.05) is 50.1 Å². The predicted molar refractivity (Wildman–Crippen MR) is 108 cm³/mol. The molecule has 4 rings (SSSR count). The van der Waals surface area contributed by atoms with Crippen LogP contribution in [0.4, 0.5) is 15.8 Å². The standard InChI is InChI=1S/C22H28FN3O/c1-16-13-18(24-20-6-4-3-5-19(16)20)15-25-9-11-26(12-10-25)21-8-7-17(23)14-22(21)27-2/h3-8,14,16,18,24H,9-13,15H2,1-2H3. The summed E-state index contributed by atoms with van der Waals surface area (Å²) in [5, 5.41) is 3.73. The Balaban J connectivity index is 1.35. The first-order valence-electron chi connectivity index (χ1n) is 9.80. The summed E-state index contributed by atoms with van der Waals surface area (Å²) in [4.78, 5) is 4.83. The SMILES string of the molecule is COc1cc(F)ccc1N1CCN(CC2CC(C)c3ccccc3N2)CC1. The third-order valence-electron chi connectivity index (χ3n) is 5.82. The van der Waals surface area contributed by atoms with Crippen LogP contribution >= 0.6 is 0 Å². The lowest BCUT2D eigenvalue weighted by atomic mass is 9.88. The van der Waals surface area contributed by atoms with E-state index in [1.807, 2.05) is 6.07 Å². The average molecular weight is 369 g/mol. The summed E-state index contributed by atoms with van der Waals surface area (Å²) in [5.41, 5.74) is 3.70. The molecule has 0 amide bonds. The molecule has 0 aromatic heterocycles. The molecule has 0 aliphatic carbocycles. The van der Waals surface area contributed by atoms with Gasteiger partial charge in [-0.3, -0.25) is 4.90 Å². The minimum absolute atomic E-state index is 0.257. The highest BCUT2D eigenvalue weighted by Crippen LogP contribution is 2.34. The maximum absolute atomic E-state index is 13.4. The zero-order chi connectivity index (χ0) is 18.8. The minimum atomic E-state index is -0.257. The second-order valence-corrected chi connectivity index (χ2v) is 7.67. The molecule has 144 valence electrons. The van der Waals surface area contributed by atoms with Gasteiger partial charge in [-0.05, 0) is 36.1 Å². The van der Waals surface area contributed by atoms with Crippen LogP contribution in [0.1, 0.15) is 24.8 Å². The summed E-state index contributed by atoms with van der Waals surface area (Å²) in [7, 11) is 1.60. The molecule has 0 bridgehead atoms. The molecule has 0 radical (unpaired) electrons. The van der Waals surface area contributed by atoms with Crippen molar-refractivity contribution in [3.63, 3.8) is 0 Å². The smallest absolute Gasteiger partial charge is 0.145 e. The number of hydrogen-bond donors (Lipinski definition) is 1. The molecule has 1 N–H and O–H groups in total. The first-order valence-corrected chi connectivity index (χ1v) is 9.80. The van der Waals surface area contributed by atoms with E-state index >= 15 is 0 Å². The van der Waals surface area contributed by atoms with E-state index in [1.165, 1.54) is 29.8 Å². The van der Waals surface area contributed by atoms with Crippen LogP contribution in [0.15, 0.2) is 42.5 Å². The monoisotopic (exact) mass is 369 g/mol. The lowest BCUT2D eigenvalue weighted by Gasteiger charge is -2.40. The zero-order valence-corrected chi connectivity index (χ0v) is 16.1. The Hall–Kier alpha value is -2.27. The Morgan fingerprint density at radius 1 is 1.11 bits per heavy atom. The molecule has 1 saturated heterocycles. The van der Waals surface area contributed by atoms with Gasteiger partial charge in [0.2, 0.25) is 0 Å². The first-order chi connectivity index (χ1) is 13.1. The van der Waals surface area contributed by atoms with Crippen molar-refractivity contribution in [2.24, 2.45) is 0 Å². The Morgan fingerprint density at radius 2 is 1.89 bits per heavy atom. The molecule has 0 saturated carbocycles. The van der Waals surface area contributed by atoms with Crippen LogP contribution < -0.4 is 15.0 Å². The molecular formula is C22H28FN3O. The Bertz CT molecular complexity index is 789. The van der Waals surface area contributed by atoms with Crippen LogP contribution in [0.2, 0.25) is 0 Å². The van der Waals surface area contributed by atoms with Crippen molar-refractivity contribution >= 4 is 11.4 Å². The maximum atomic E-state index is 13.4. The third-order valence-corrected chi connectivity index (χ3v) is 5.82. The molecule has 2 aliphatic heterocycles. The van der Waals surface area contributed by atoms with E-state index in [0.29, 0.717) is 17.7 Å². The number of ether oxygens (including phenoxy) is 1. The van der Waals surface area contributed by atoms with Crippen molar-refractivity contribution in [2.45, 2.75) is 25.3 Å². The van der Waals surface area contributed by atoms with Gasteiger partial charge < -0.3 is 15.0 Å². The van der Waals surface area contributed by atoms with E-state index < -0.39 is 0 Å². The highest BCUT2D eigenvalue weighted by molar-refractivity contribution is 5.59. The van der Waals surface area contributed by atoms with E-state index in [0.717, 1.165) is 38.4 Å². The summed E-state index contributed by atoms with van der Waals surface area (Å²) in [6.07, 6.45) is 1.17. The Kier molecular flexibility index (Phi) is 5.21. The molecule has 4 nitrogen and oxygen atoms in total. The van der Waals surface area contributed by atoms with E-state index in [9.17, 15) is 4.39 Å². The molecule has 2 aromatic carbocycles. The number of fused-ring (bicyclic) bond motifs is 1. The molecule has 2 atom stereocenters. The van der Waals surface area contributed by atoms with Gasteiger partial charge in [-0.25, -0.2) is 4.39 Å². The van der Waals surface area contributed by atoms with Crippen molar-refractivity contribution in [1.29, 1.82) is 0 Å². The van der Waals surface area contributed by atoms with Crippen LogP contribution in [0, 0.1) is 5.82 Å². The van der Waals surface area contributed by atoms with Gasteiger partial charge in [0.15, 0.2) is 0 Å². The van der Waals surface area contributed by atoms with Crippen molar-refractivity contribution in [3.05, 3.63) is 53.8 Å². The fraction of sp³-hybridized carbons (Fsp3) is 0.455. The van der Waals surface area contributed by atoms with Gasteiger partial charge >= 0.3 is 0 Å². The first kappa shape index (κ1) is 18.1. The number of methoxy groups -OCH3 is 1. The minimum Gasteiger partial charge on any atom is -0.494 e. The number of nitrogens with zero attached hydrogens (tertiary/aromatic N) is 2. The summed E-state index contributed by atoms with van der Waals surface area (Å²) in [5.74, 6) is 0.951. The molecule has 2 aliphatic rings. The Labute approximate surface area is 160 Å². The number of piperazine rings is 1. The number of halogens is 1. The van der Waals surface area contributed by atoms with Crippen LogP contribution in [0.25, 0.3) is 0 Å². The molecule has 2 aromatic rings. The zero-order valence-electron chi connectivity index (χ0n) is 16.1. The number of benzene rings is 2. The fourth-order valence-corrected chi connectivity index (χ4v) is 4.41. The van der Waals surface area contributed by atoms with Gasteiger partial charge in [-0.15, -0.1) is 0 Å². The molecule has 2 heterocycles. The normalized spacial score (nSPS) is 22.9. The topological polar surface area (TPSA) is 27.7 Å². The Morgan fingerprint density at radius 3 is 2.67 bits per heavy atom. The van der Waals surface area contributed by atoms with Crippen LogP contribution in [-0.2, 0) is 0 Å². The van der Waals surface area contributed by atoms with E-state index in [-0.39, 0.29) is 5.82 Å². The number of hydrogen-bond acceptors (Lipinski definition) is 4. The van der Waals surface area contributed by atoms with Crippen molar-refractivity contribution < 1.29 is 9.13 Å². The van der Waals surface area contributed by atoms with Gasteiger partial charge in [0, 0.05) is 50.5 Å². The second-order valence-electron chi connectivity index (χ2n) is 7.67. The highest BCUT2D eigenvalue weighted by Gasteiger charge is 2.27. The molecule has 27 heavy (non-hydrogen) atoms. The molecule has 5 heteroatoms. The maximum Gasteiger partial charge on any atom is 0.145 e. The number of anilines is 2. The summed E-state index contributed by atoms with van der Waals surface area (Å²) in [6.45, 7) is 7.27. The molecule has 2 unspecified atom stereocenters. The number of para-hydroxylation sites is 1. The summed E-state index contributed by atoms with van der Waals surface area (Å²) in [6, 6.07) is 13.9. The lowest BCUT2D eigenvalue weighted by molar-refractivity contribution is 0.239. The van der Waals surface area contributed by atoms with Crippen molar-refractivity contribution in [3.8, 4) is 5.75 Å². The number of rotatable bonds is 4. The van der Waals surface area contributed by atoms with E-state index in [4.69, 9.17) is 4.74 Å². The van der Waals surface area contributed by atoms with Gasteiger partial charge in [-0.1, -0.05) is 25.1 Å². The van der Waals surface area contributed by atoms with Gasteiger partial charge in [-0.2, -0.15) is 0 Å². The largest absolute Gasteiger partial charge is 0.494 e. The molecule has 1 fully saturated rings. The second kappa shape index (κ2) is 7.77. The van der Waals surface area contributed by atoms with E-state index in [2.05, 4.69) is 46.3 Å². The average Bonchev–Trinajstić information content (AvgIpc) is 2.69. The third kappa shape index (κ3) is 3.88. The predicted octanol–water partition coefficient (Wildman–Crippen LogP) is 3.94. The van der Waals surface area contributed by atoms with Crippen LogP contribution in [-0.4, -0.2) is 50.8 Å². The lowest BCUT2D eigenvalue weighted by Crippen LogP contribution is -2.50. The van der Waals surface area contributed by atoms with Crippen LogP contribution in [0.3, 0.4) is 0 Å². The van der Waals surface area contributed by atoms with Crippen molar-refractivity contribution in [1.82, 2.24) is 4.90 Å². The van der Waals surface area contributed by atoms with Gasteiger partial charge in [0.1, 0.15) is 11.6 Å². The number of nitrogens with one attached hydrogen (secondary N) is 1. The van der Waals surface area contributed by atoms with Crippen LogP contribution in [0.5, 0.6) is 5.75 Å². The molecular weight excluding hydrogens is 341 g/mol. The van der Waals surface area contributed by atoms with Gasteiger partial charge in [0.25, 0.3) is 0 Å². The van der Waals surface area contributed by atoms with Gasteiger partial charge in [0.05, 0.1) is 12.8 Å². The molecule has 0 spiro atoms. The highest BCUT2D eigenvalue weighted by atomic mass is 19.1. The quantitative estimate of drug-likeness (QED) is 0.883. The fourth-order valence-electron chi connectivity index (χ4n) is 4.41. The van der Waals surface area contributed by atoms with E-state index in [1.54, 1.807) is 7.11 Å². The summed E-state index contributed by atoms with van der Waals surface area (Å²) < 4.78 is 18.8. The summed E-state index contributed by atoms with van der Waals surface area (Å²) >= 11 is 0.